The molecule has 0 spiro atoms. The lowest BCUT2D eigenvalue weighted by atomic mass is 10.2. The highest BCUT2D eigenvalue weighted by Crippen LogP contribution is 2.26. The molecule has 1 aromatic carbocycles. The molecule has 0 fully saturated rings. The first-order valence-electron chi connectivity index (χ1n) is 7.22. The molecule has 1 atom stereocenters. The van der Waals surface area contributed by atoms with E-state index in [1.54, 1.807) is 0 Å². The average molecular weight is 383 g/mol. The fourth-order valence-corrected chi connectivity index (χ4v) is 3.41. The molecule has 8 heteroatoms. The lowest BCUT2D eigenvalue weighted by Gasteiger charge is -2.10. The molecule has 0 radical (unpaired) electrons. The molecule has 0 aliphatic carbocycles. The highest BCUT2D eigenvalue weighted by molar-refractivity contribution is 7.99. The van der Waals surface area contributed by atoms with Gasteiger partial charge < -0.3 is 14.3 Å². The Morgan fingerprint density at radius 2 is 2.12 bits per heavy atom. The van der Waals surface area contributed by atoms with Crippen LogP contribution in [-0.2, 0) is 11.3 Å². The van der Waals surface area contributed by atoms with Crippen LogP contribution in [0.25, 0.3) is 10.8 Å². The Balaban J connectivity index is 1.41. The van der Waals surface area contributed by atoms with E-state index in [-0.39, 0.29) is 6.61 Å². The first kappa shape index (κ1) is 17.4. The number of aliphatic hydroxyl groups is 1. The van der Waals surface area contributed by atoms with E-state index in [0.29, 0.717) is 28.5 Å². The van der Waals surface area contributed by atoms with Crippen LogP contribution in [-0.4, -0.2) is 33.8 Å². The van der Waals surface area contributed by atoms with E-state index in [2.05, 4.69) is 10.2 Å². The van der Waals surface area contributed by atoms with E-state index in [0.717, 1.165) is 10.4 Å². The second kappa shape index (κ2) is 8.64. The van der Waals surface area contributed by atoms with Crippen molar-refractivity contribution in [3.63, 3.8) is 0 Å². The molecule has 0 bridgehead atoms. The third kappa shape index (κ3) is 4.81. The van der Waals surface area contributed by atoms with Crippen LogP contribution in [0.5, 0.6) is 0 Å². The Morgan fingerprint density at radius 1 is 1.25 bits per heavy atom. The van der Waals surface area contributed by atoms with Gasteiger partial charge in [-0.2, -0.15) is 0 Å². The van der Waals surface area contributed by atoms with Gasteiger partial charge in [-0.05, 0) is 23.1 Å². The van der Waals surface area contributed by atoms with Gasteiger partial charge in [-0.1, -0.05) is 47.6 Å². The van der Waals surface area contributed by atoms with E-state index >= 15 is 0 Å². The SMILES string of the molecule is OC(COCc1ccccc1Cl)CSc1nnc(-c2cccs2)o1. The first-order valence-corrected chi connectivity index (χ1v) is 9.46. The number of ether oxygens (including phenoxy) is 1. The van der Waals surface area contributed by atoms with Crippen LogP contribution < -0.4 is 0 Å². The van der Waals surface area contributed by atoms with E-state index < -0.39 is 6.10 Å². The number of thiophene rings is 1. The number of halogens is 1. The molecular weight excluding hydrogens is 368 g/mol. The predicted molar refractivity (Wildman–Crippen MR) is 95.4 cm³/mol. The van der Waals surface area contributed by atoms with E-state index in [1.807, 2.05) is 41.8 Å². The summed E-state index contributed by atoms with van der Waals surface area (Å²) in [5.41, 5.74) is 0.900. The van der Waals surface area contributed by atoms with Crippen molar-refractivity contribution in [3.05, 3.63) is 52.4 Å². The smallest absolute Gasteiger partial charge is 0.276 e. The minimum Gasteiger partial charge on any atom is -0.410 e. The van der Waals surface area contributed by atoms with E-state index in [9.17, 15) is 5.11 Å². The molecule has 0 saturated heterocycles. The predicted octanol–water partition coefficient (Wildman–Crippen LogP) is 4.12. The van der Waals surface area contributed by atoms with Gasteiger partial charge in [0.2, 0.25) is 0 Å². The molecule has 126 valence electrons. The number of rotatable bonds is 8. The summed E-state index contributed by atoms with van der Waals surface area (Å²) < 4.78 is 11.1. The first-order chi connectivity index (χ1) is 11.7. The summed E-state index contributed by atoms with van der Waals surface area (Å²) in [6, 6.07) is 11.3. The molecule has 3 rings (SSSR count). The van der Waals surface area contributed by atoms with Gasteiger partial charge in [0.05, 0.1) is 24.2 Å². The maximum Gasteiger partial charge on any atom is 0.276 e. The highest BCUT2D eigenvalue weighted by atomic mass is 35.5. The molecule has 0 aliphatic heterocycles. The van der Waals surface area contributed by atoms with Gasteiger partial charge in [-0.25, -0.2) is 0 Å². The minimum atomic E-state index is -0.630. The van der Waals surface area contributed by atoms with Crippen molar-refractivity contribution >= 4 is 34.7 Å². The molecule has 2 heterocycles. The van der Waals surface area contributed by atoms with Crippen LogP contribution >= 0.6 is 34.7 Å². The zero-order valence-corrected chi connectivity index (χ0v) is 15.0. The fraction of sp³-hybridized carbons (Fsp3) is 0.250. The maximum absolute atomic E-state index is 9.98. The quantitative estimate of drug-likeness (QED) is 0.591. The number of benzene rings is 1. The number of aromatic nitrogens is 2. The van der Waals surface area contributed by atoms with Crippen LogP contribution in [0.4, 0.5) is 0 Å². The van der Waals surface area contributed by atoms with Crippen LogP contribution in [0, 0.1) is 0 Å². The molecule has 3 aromatic rings. The van der Waals surface area contributed by atoms with Crippen LogP contribution in [0.3, 0.4) is 0 Å². The molecule has 0 saturated carbocycles. The normalized spacial score (nSPS) is 12.4. The molecule has 0 aliphatic rings. The van der Waals surface area contributed by atoms with E-state index in [4.69, 9.17) is 20.8 Å². The third-order valence-corrected chi connectivity index (χ3v) is 5.25. The highest BCUT2D eigenvalue weighted by Gasteiger charge is 2.12. The zero-order valence-electron chi connectivity index (χ0n) is 12.6. The van der Waals surface area contributed by atoms with Crippen molar-refractivity contribution in [2.75, 3.05) is 12.4 Å². The summed E-state index contributed by atoms with van der Waals surface area (Å²) >= 11 is 8.89. The van der Waals surface area contributed by atoms with Gasteiger partial charge in [0.1, 0.15) is 0 Å². The van der Waals surface area contributed by atoms with Crippen molar-refractivity contribution in [1.82, 2.24) is 10.2 Å². The van der Waals surface area contributed by atoms with Gasteiger partial charge in [-0.15, -0.1) is 21.5 Å². The van der Waals surface area contributed by atoms with Gasteiger partial charge in [-0.3, -0.25) is 0 Å². The summed E-state index contributed by atoms with van der Waals surface area (Å²) in [5.74, 6) is 0.908. The topological polar surface area (TPSA) is 68.4 Å². The van der Waals surface area contributed by atoms with E-state index in [1.165, 1.54) is 23.1 Å². The number of aliphatic hydroxyl groups excluding tert-OH is 1. The molecule has 24 heavy (non-hydrogen) atoms. The minimum absolute atomic E-state index is 0.212. The number of nitrogens with zero attached hydrogens (tertiary/aromatic N) is 2. The van der Waals surface area contributed by atoms with Crippen LogP contribution in [0.15, 0.2) is 51.4 Å². The van der Waals surface area contributed by atoms with Gasteiger partial charge in [0.15, 0.2) is 0 Å². The third-order valence-electron chi connectivity index (χ3n) is 3.06. The monoisotopic (exact) mass is 382 g/mol. The summed E-state index contributed by atoms with van der Waals surface area (Å²) in [6.07, 6.45) is -0.630. The Kier molecular flexibility index (Phi) is 6.28. The second-order valence-electron chi connectivity index (χ2n) is 4.92. The van der Waals surface area contributed by atoms with Gasteiger partial charge in [0, 0.05) is 10.8 Å². The van der Waals surface area contributed by atoms with Crippen molar-refractivity contribution < 1.29 is 14.3 Å². The van der Waals surface area contributed by atoms with Gasteiger partial charge >= 0.3 is 0 Å². The Hall–Kier alpha value is -1.38. The number of hydrogen-bond acceptors (Lipinski definition) is 7. The summed E-state index contributed by atoms with van der Waals surface area (Å²) in [6.45, 7) is 0.578. The molecule has 1 N–H and O–H groups in total. The molecule has 1 unspecified atom stereocenters. The summed E-state index contributed by atoms with van der Waals surface area (Å²) in [4.78, 5) is 0.929. The standard InChI is InChI=1S/C16H15ClN2O3S2/c17-13-5-2-1-4-11(13)8-21-9-12(20)10-24-16-19-18-15(22-16)14-6-3-7-23-14/h1-7,12,20H,8-10H2. The summed E-state index contributed by atoms with van der Waals surface area (Å²) in [5, 5.41) is 21.0. The van der Waals surface area contributed by atoms with Crippen molar-refractivity contribution in [1.29, 1.82) is 0 Å². The Bertz CT molecular complexity index is 764. The van der Waals surface area contributed by atoms with Crippen molar-refractivity contribution in [2.45, 2.75) is 17.9 Å². The van der Waals surface area contributed by atoms with Crippen molar-refractivity contribution in [3.8, 4) is 10.8 Å². The summed E-state index contributed by atoms with van der Waals surface area (Å²) in [7, 11) is 0. The Labute approximate surface area is 152 Å². The fourth-order valence-electron chi connectivity index (χ4n) is 1.90. The molecule has 2 aromatic heterocycles. The zero-order chi connectivity index (χ0) is 16.8. The van der Waals surface area contributed by atoms with Crippen molar-refractivity contribution in [2.24, 2.45) is 0 Å². The maximum atomic E-state index is 9.98. The molecule has 5 nitrogen and oxygen atoms in total. The number of hydrogen-bond donors (Lipinski definition) is 1. The largest absolute Gasteiger partial charge is 0.410 e. The number of thioether (sulfide) groups is 1. The van der Waals surface area contributed by atoms with Crippen LogP contribution in [0.2, 0.25) is 5.02 Å². The van der Waals surface area contributed by atoms with Crippen LogP contribution in [0.1, 0.15) is 5.56 Å². The van der Waals surface area contributed by atoms with Gasteiger partial charge in [0.25, 0.3) is 11.1 Å². The lowest BCUT2D eigenvalue weighted by molar-refractivity contribution is 0.0397. The lowest BCUT2D eigenvalue weighted by Crippen LogP contribution is -2.18. The second-order valence-corrected chi connectivity index (χ2v) is 7.25. The Morgan fingerprint density at radius 3 is 2.92 bits per heavy atom. The molecular formula is C16H15ClN2O3S2. The molecule has 0 amide bonds. The average Bonchev–Trinajstić information content (AvgIpc) is 3.26.